The van der Waals surface area contributed by atoms with Crippen LogP contribution < -0.4 is 5.32 Å². The number of aromatic nitrogens is 1. The lowest BCUT2D eigenvalue weighted by atomic mass is 10.0. The fourth-order valence-electron chi connectivity index (χ4n) is 4.24. The van der Waals surface area contributed by atoms with Crippen LogP contribution in [-0.2, 0) is 9.53 Å². The van der Waals surface area contributed by atoms with Crippen LogP contribution in [0.25, 0.3) is 6.08 Å². The molecule has 1 aromatic heterocycles. The van der Waals surface area contributed by atoms with Crippen LogP contribution in [0.1, 0.15) is 45.6 Å². The van der Waals surface area contributed by atoms with E-state index in [1.807, 2.05) is 37.8 Å². The van der Waals surface area contributed by atoms with Gasteiger partial charge in [-0.3, -0.25) is 9.78 Å². The van der Waals surface area contributed by atoms with Gasteiger partial charge < -0.3 is 15.0 Å². The topological polar surface area (TPSA) is 71.5 Å². The SMILES string of the molecule is CC(C)(C)OC(=O)N1C[C@H]2C[C@@H](CCNC(=O)/C=C/c3cccnc3)C[C@H]2C1. The number of pyridine rings is 1. The normalized spacial score (nSPS) is 24.4. The third-order valence-electron chi connectivity index (χ3n) is 5.46. The third-order valence-corrected chi connectivity index (χ3v) is 5.46. The Morgan fingerprint density at radius 3 is 2.61 bits per heavy atom. The largest absolute Gasteiger partial charge is 0.444 e. The van der Waals surface area contributed by atoms with Crippen molar-refractivity contribution in [1.82, 2.24) is 15.2 Å². The molecule has 0 bridgehead atoms. The molecule has 2 fully saturated rings. The van der Waals surface area contributed by atoms with Gasteiger partial charge in [0.15, 0.2) is 0 Å². The van der Waals surface area contributed by atoms with E-state index >= 15 is 0 Å². The number of amides is 2. The molecule has 6 nitrogen and oxygen atoms in total. The Kier molecular flexibility index (Phi) is 6.37. The molecule has 3 rings (SSSR count). The average Bonchev–Trinajstić information content (AvgIpc) is 3.18. The molecule has 1 saturated carbocycles. The second-order valence-electron chi connectivity index (χ2n) is 8.94. The van der Waals surface area contributed by atoms with Gasteiger partial charge in [0, 0.05) is 38.1 Å². The van der Waals surface area contributed by atoms with Crippen LogP contribution in [-0.4, -0.2) is 47.1 Å². The van der Waals surface area contributed by atoms with Crippen molar-refractivity contribution in [1.29, 1.82) is 0 Å². The highest BCUT2D eigenvalue weighted by Crippen LogP contribution is 2.43. The standard InChI is InChI=1S/C22H31N3O3/c1-22(2,3)28-21(27)25-14-18-11-17(12-19(18)15-25)8-10-24-20(26)7-6-16-5-4-9-23-13-16/h4-7,9,13,17-19H,8,10-12,14-15H2,1-3H3,(H,24,26)/b7-6+/t17-,18-,19+. The Bertz CT molecular complexity index is 697. The lowest BCUT2D eigenvalue weighted by molar-refractivity contribution is -0.116. The molecule has 3 atom stereocenters. The Morgan fingerprint density at radius 2 is 2.00 bits per heavy atom. The first-order chi connectivity index (χ1) is 13.3. The molecule has 0 spiro atoms. The first kappa shape index (κ1) is 20.4. The number of likely N-dealkylation sites (tertiary alicyclic amines) is 1. The van der Waals surface area contributed by atoms with Crippen molar-refractivity contribution in [2.45, 2.75) is 45.6 Å². The highest BCUT2D eigenvalue weighted by atomic mass is 16.6. The Labute approximate surface area is 167 Å². The quantitative estimate of drug-likeness (QED) is 0.788. The molecular formula is C22H31N3O3. The molecule has 2 heterocycles. The second kappa shape index (κ2) is 8.76. The van der Waals surface area contributed by atoms with Gasteiger partial charge in [-0.05, 0) is 75.5 Å². The van der Waals surface area contributed by atoms with E-state index in [9.17, 15) is 9.59 Å². The second-order valence-corrected chi connectivity index (χ2v) is 8.94. The number of fused-ring (bicyclic) bond motifs is 1. The van der Waals surface area contributed by atoms with Crippen molar-refractivity contribution >= 4 is 18.1 Å². The van der Waals surface area contributed by atoms with Gasteiger partial charge in [0.2, 0.25) is 5.91 Å². The predicted octanol–water partition coefficient (Wildman–Crippen LogP) is 3.49. The first-order valence-corrected chi connectivity index (χ1v) is 10.1. The summed E-state index contributed by atoms with van der Waals surface area (Å²) < 4.78 is 5.49. The number of nitrogens with zero attached hydrogens (tertiary/aromatic N) is 2. The molecule has 28 heavy (non-hydrogen) atoms. The number of ether oxygens (including phenoxy) is 1. The minimum atomic E-state index is -0.443. The molecule has 2 amide bonds. The number of rotatable bonds is 5. The first-order valence-electron chi connectivity index (χ1n) is 10.1. The lowest BCUT2D eigenvalue weighted by Gasteiger charge is -2.25. The summed E-state index contributed by atoms with van der Waals surface area (Å²) in [6.45, 7) is 8.00. The van der Waals surface area contributed by atoms with E-state index in [2.05, 4.69) is 10.3 Å². The molecule has 0 radical (unpaired) electrons. The zero-order chi connectivity index (χ0) is 20.1. The van der Waals surface area contributed by atoms with E-state index in [1.165, 1.54) is 0 Å². The maximum Gasteiger partial charge on any atom is 0.410 e. The Morgan fingerprint density at radius 1 is 1.29 bits per heavy atom. The van der Waals surface area contributed by atoms with Crippen LogP contribution >= 0.6 is 0 Å². The van der Waals surface area contributed by atoms with Gasteiger partial charge in [-0.1, -0.05) is 6.07 Å². The monoisotopic (exact) mass is 385 g/mol. The third kappa shape index (κ3) is 5.81. The predicted molar refractivity (Wildman–Crippen MR) is 108 cm³/mol. The molecule has 152 valence electrons. The summed E-state index contributed by atoms with van der Waals surface area (Å²) in [6.07, 6.45) is 9.82. The number of carbonyl (C=O) groups excluding carboxylic acids is 2. The molecule has 1 N–H and O–H groups in total. The summed E-state index contributed by atoms with van der Waals surface area (Å²) in [5.41, 5.74) is 0.469. The minimum Gasteiger partial charge on any atom is -0.444 e. The van der Waals surface area contributed by atoms with Crippen molar-refractivity contribution in [2.75, 3.05) is 19.6 Å². The van der Waals surface area contributed by atoms with E-state index < -0.39 is 5.60 Å². The van der Waals surface area contributed by atoms with Crippen LogP contribution in [0.15, 0.2) is 30.6 Å². The maximum atomic E-state index is 12.2. The van der Waals surface area contributed by atoms with Crippen molar-refractivity contribution in [3.8, 4) is 0 Å². The van der Waals surface area contributed by atoms with E-state index in [4.69, 9.17) is 4.74 Å². The number of nitrogens with one attached hydrogen (secondary N) is 1. The van der Waals surface area contributed by atoms with E-state index in [1.54, 1.807) is 24.5 Å². The van der Waals surface area contributed by atoms with Crippen molar-refractivity contribution < 1.29 is 14.3 Å². The van der Waals surface area contributed by atoms with E-state index in [0.29, 0.717) is 24.3 Å². The van der Waals surface area contributed by atoms with Gasteiger partial charge in [-0.25, -0.2) is 4.79 Å². The van der Waals surface area contributed by atoms with Crippen LogP contribution in [0.5, 0.6) is 0 Å². The van der Waals surface area contributed by atoms with Gasteiger partial charge >= 0.3 is 6.09 Å². The summed E-state index contributed by atoms with van der Waals surface area (Å²) in [7, 11) is 0. The molecule has 0 unspecified atom stereocenters. The van der Waals surface area contributed by atoms with Crippen molar-refractivity contribution in [3.05, 3.63) is 36.2 Å². The number of hydrogen-bond acceptors (Lipinski definition) is 4. The molecule has 2 aliphatic rings. The summed E-state index contributed by atoms with van der Waals surface area (Å²) in [5, 5.41) is 2.97. The average molecular weight is 386 g/mol. The zero-order valence-electron chi connectivity index (χ0n) is 17.1. The summed E-state index contributed by atoms with van der Waals surface area (Å²) in [4.78, 5) is 30.1. The molecule has 1 aliphatic heterocycles. The molecule has 6 heteroatoms. The Hall–Kier alpha value is -2.37. The summed E-state index contributed by atoms with van der Waals surface area (Å²) >= 11 is 0. The van der Waals surface area contributed by atoms with Crippen LogP contribution in [0.3, 0.4) is 0 Å². The summed E-state index contributed by atoms with van der Waals surface area (Å²) in [5.74, 6) is 1.69. The van der Waals surface area contributed by atoms with Crippen LogP contribution in [0, 0.1) is 17.8 Å². The Balaban J connectivity index is 1.35. The zero-order valence-corrected chi connectivity index (χ0v) is 17.1. The number of carbonyl (C=O) groups is 2. The molecule has 1 saturated heterocycles. The van der Waals surface area contributed by atoms with Gasteiger partial charge in [0.25, 0.3) is 0 Å². The highest BCUT2D eigenvalue weighted by Gasteiger charge is 2.43. The van der Waals surface area contributed by atoms with Gasteiger partial charge in [0.05, 0.1) is 0 Å². The highest BCUT2D eigenvalue weighted by molar-refractivity contribution is 5.91. The molecule has 1 aliphatic carbocycles. The van der Waals surface area contributed by atoms with Crippen LogP contribution in [0.4, 0.5) is 4.79 Å². The van der Waals surface area contributed by atoms with Gasteiger partial charge in [0.1, 0.15) is 5.60 Å². The van der Waals surface area contributed by atoms with Gasteiger partial charge in [-0.15, -0.1) is 0 Å². The van der Waals surface area contributed by atoms with Crippen molar-refractivity contribution in [2.24, 2.45) is 17.8 Å². The fourth-order valence-corrected chi connectivity index (χ4v) is 4.24. The van der Waals surface area contributed by atoms with Gasteiger partial charge in [-0.2, -0.15) is 0 Å². The molecule has 1 aromatic rings. The molecule has 0 aromatic carbocycles. The minimum absolute atomic E-state index is 0.0712. The van der Waals surface area contributed by atoms with E-state index in [0.717, 1.165) is 37.9 Å². The number of hydrogen-bond donors (Lipinski definition) is 1. The fraction of sp³-hybridized carbons (Fsp3) is 0.591. The van der Waals surface area contributed by atoms with Crippen molar-refractivity contribution in [3.63, 3.8) is 0 Å². The van der Waals surface area contributed by atoms with Crippen LogP contribution in [0.2, 0.25) is 0 Å². The molecular weight excluding hydrogens is 354 g/mol. The maximum absolute atomic E-state index is 12.2. The lowest BCUT2D eigenvalue weighted by Crippen LogP contribution is -2.36. The van der Waals surface area contributed by atoms with E-state index in [-0.39, 0.29) is 12.0 Å². The smallest absolute Gasteiger partial charge is 0.410 e. The summed E-state index contributed by atoms with van der Waals surface area (Å²) in [6, 6.07) is 3.76.